The van der Waals surface area contributed by atoms with Crippen molar-refractivity contribution in [3.05, 3.63) is 52.5 Å². The number of hydrogen-bond acceptors (Lipinski definition) is 3. The zero-order chi connectivity index (χ0) is 14.5. The maximum Gasteiger partial charge on any atom is 0.255 e. The summed E-state index contributed by atoms with van der Waals surface area (Å²) in [7, 11) is 3.42. The predicted molar refractivity (Wildman–Crippen MR) is 84.6 cm³/mol. The number of halogens is 1. The third-order valence-electron chi connectivity index (χ3n) is 2.80. The summed E-state index contributed by atoms with van der Waals surface area (Å²) in [4.78, 5) is 12.1. The average Bonchev–Trinajstić information content (AvgIpc) is 2.46. The Morgan fingerprint density at radius 1 is 1.10 bits per heavy atom. The third kappa shape index (κ3) is 3.51. The van der Waals surface area contributed by atoms with Crippen LogP contribution >= 0.6 is 15.9 Å². The van der Waals surface area contributed by atoms with E-state index >= 15 is 0 Å². The second-order valence-electron chi connectivity index (χ2n) is 4.16. The fourth-order valence-corrected chi connectivity index (χ4v) is 2.22. The lowest BCUT2D eigenvalue weighted by Gasteiger charge is -2.08. The Morgan fingerprint density at radius 3 is 2.40 bits per heavy atom. The Hall–Kier alpha value is -2.01. The predicted octanol–water partition coefficient (Wildman–Crippen LogP) is 3.75. The molecule has 2 aromatic carbocycles. The van der Waals surface area contributed by atoms with Gasteiger partial charge in [0, 0.05) is 34.5 Å². The molecule has 0 heterocycles. The van der Waals surface area contributed by atoms with Gasteiger partial charge in [-0.2, -0.15) is 0 Å². The molecule has 104 valence electrons. The summed E-state index contributed by atoms with van der Waals surface area (Å²) in [6.45, 7) is 0. The summed E-state index contributed by atoms with van der Waals surface area (Å²) in [6, 6.07) is 12.7. The number of nitrogens with one attached hydrogen (secondary N) is 2. The van der Waals surface area contributed by atoms with Gasteiger partial charge in [-0.05, 0) is 36.4 Å². The van der Waals surface area contributed by atoms with Gasteiger partial charge < -0.3 is 15.4 Å². The normalized spacial score (nSPS) is 9.95. The summed E-state index contributed by atoms with van der Waals surface area (Å²) in [6.07, 6.45) is 0. The van der Waals surface area contributed by atoms with E-state index in [1.54, 1.807) is 25.3 Å². The summed E-state index contributed by atoms with van der Waals surface area (Å²) in [5.41, 5.74) is 2.24. The van der Waals surface area contributed by atoms with Crippen LogP contribution in [0.1, 0.15) is 10.4 Å². The van der Waals surface area contributed by atoms with Gasteiger partial charge in [0.25, 0.3) is 5.91 Å². The number of anilines is 2. The number of ether oxygens (including phenoxy) is 1. The van der Waals surface area contributed by atoms with Crippen molar-refractivity contribution in [2.45, 2.75) is 0 Å². The SMILES string of the molecule is CNc1ccc(C(=O)Nc2cc(Br)cc(OC)c2)cc1. The molecular weight excluding hydrogens is 320 g/mol. The molecule has 0 aliphatic rings. The topological polar surface area (TPSA) is 50.4 Å². The minimum absolute atomic E-state index is 0.159. The molecule has 0 spiro atoms. The van der Waals surface area contributed by atoms with E-state index in [0.717, 1.165) is 10.2 Å². The van der Waals surface area contributed by atoms with Crippen molar-refractivity contribution in [1.29, 1.82) is 0 Å². The van der Waals surface area contributed by atoms with Gasteiger partial charge in [0.15, 0.2) is 0 Å². The first kappa shape index (κ1) is 14.4. The maximum atomic E-state index is 12.1. The first-order valence-electron chi connectivity index (χ1n) is 6.06. The van der Waals surface area contributed by atoms with E-state index in [4.69, 9.17) is 4.74 Å². The zero-order valence-corrected chi connectivity index (χ0v) is 12.8. The molecule has 0 fully saturated rings. The van der Waals surface area contributed by atoms with Gasteiger partial charge in [0.05, 0.1) is 7.11 Å². The van der Waals surface area contributed by atoms with Crippen molar-refractivity contribution in [3.8, 4) is 5.75 Å². The molecule has 0 saturated heterocycles. The molecule has 0 atom stereocenters. The molecule has 0 aromatic heterocycles. The van der Waals surface area contributed by atoms with Crippen LogP contribution in [0, 0.1) is 0 Å². The fraction of sp³-hybridized carbons (Fsp3) is 0.133. The first-order chi connectivity index (χ1) is 9.62. The Morgan fingerprint density at radius 2 is 1.80 bits per heavy atom. The van der Waals surface area contributed by atoms with Crippen molar-refractivity contribution in [3.63, 3.8) is 0 Å². The van der Waals surface area contributed by atoms with Crippen molar-refractivity contribution in [2.24, 2.45) is 0 Å². The standard InChI is InChI=1S/C15H15BrN2O2/c1-17-12-5-3-10(4-6-12)15(19)18-13-7-11(16)8-14(9-13)20-2/h3-9,17H,1-2H3,(H,18,19). The zero-order valence-electron chi connectivity index (χ0n) is 11.2. The Labute approximate surface area is 126 Å². The van der Waals surface area contributed by atoms with Crippen molar-refractivity contribution in [1.82, 2.24) is 0 Å². The van der Waals surface area contributed by atoms with E-state index in [9.17, 15) is 4.79 Å². The second-order valence-corrected chi connectivity index (χ2v) is 5.08. The molecule has 2 aromatic rings. The largest absolute Gasteiger partial charge is 0.497 e. The lowest BCUT2D eigenvalue weighted by Crippen LogP contribution is -2.11. The number of methoxy groups -OCH3 is 1. The second kappa shape index (κ2) is 6.43. The fourth-order valence-electron chi connectivity index (χ4n) is 1.74. The van der Waals surface area contributed by atoms with Gasteiger partial charge in [-0.25, -0.2) is 0 Å². The molecule has 0 saturated carbocycles. The van der Waals surface area contributed by atoms with Gasteiger partial charge in [-0.1, -0.05) is 15.9 Å². The van der Waals surface area contributed by atoms with E-state index in [0.29, 0.717) is 17.0 Å². The molecule has 2 rings (SSSR count). The quantitative estimate of drug-likeness (QED) is 0.895. The van der Waals surface area contributed by atoms with Crippen LogP contribution in [0.25, 0.3) is 0 Å². The molecular formula is C15H15BrN2O2. The van der Waals surface area contributed by atoms with E-state index in [2.05, 4.69) is 26.6 Å². The van der Waals surface area contributed by atoms with Crippen molar-refractivity contribution in [2.75, 3.05) is 24.8 Å². The number of carbonyl (C=O) groups excluding carboxylic acids is 1. The van der Waals surface area contributed by atoms with Crippen molar-refractivity contribution < 1.29 is 9.53 Å². The monoisotopic (exact) mass is 334 g/mol. The Bertz CT molecular complexity index is 612. The molecule has 0 bridgehead atoms. The van der Waals surface area contributed by atoms with Crippen LogP contribution in [-0.4, -0.2) is 20.1 Å². The average molecular weight is 335 g/mol. The lowest BCUT2D eigenvalue weighted by molar-refractivity contribution is 0.102. The van der Waals surface area contributed by atoms with Crippen LogP contribution < -0.4 is 15.4 Å². The summed E-state index contributed by atoms with van der Waals surface area (Å²) in [5.74, 6) is 0.521. The van der Waals surface area contributed by atoms with Crippen LogP contribution in [0.4, 0.5) is 11.4 Å². The molecule has 0 aliphatic heterocycles. The van der Waals surface area contributed by atoms with Crippen LogP contribution in [0.2, 0.25) is 0 Å². The summed E-state index contributed by atoms with van der Waals surface area (Å²) >= 11 is 3.38. The molecule has 4 nitrogen and oxygen atoms in total. The van der Waals surface area contributed by atoms with Gasteiger partial charge in [-0.3, -0.25) is 4.79 Å². The molecule has 0 unspecified atom stereocenters. The summed E-state index contributed by atoms with van der Waals surface area (Å²) in [5, 5.41) is 5.85. The maximum absolute atomic E-state index is 12.1. The molecule has 20 heavy (non-hydrogen) atoms. The van der Waals surface area contributed by atoms with E-state index in [-0.39, 0.29) is 5.91 Å². The first-order valence-corrected chi connectivity index (χ1v) is 6.85. The van der Waals surface area contributed by atoms with Crippen LogP contribution in [0.15, 0.2) is 46.9 Å². The minimum atomic E-state index is -0.159. The molecule has 5 heteroatoms. The molecule has 0 aliphatic carbocycles. The highest BCUT2D eigenvalue weighted by Gasteiger charge is 2.07. The summed E-state index contributed by atoms with van der Waals surface area (Å²) < 4.78 is 6.01. The third-order valence-corrected chi connectivity index (χ3v) is 3.26. The minimum Gasteiger partial charge on any atom is -0.497 e. The molecule has 0 radical (unpaired) electrons. The number of benzene rings is 2. The lowest BCUT2D eigenvalue weighted by atomic mass is 10.2. The highest BCUT2D eigenvalue weighted by atomic mass is 79.9. The number of hydrogen-bond donors (Lipinski definition) is 2. The van der Waals surface area contributed by atoms with Crippen LogP contribution in [0.5, 0.6) is 5.75 Å². The smallest absolute Gasteiger partial charge is 0.255 e. The Kier molecular flexibility index (Phi) is 4.63. The van der Waals surface area contributed by atoms with Crippen molar-refractivity contribution >= 4 is 33.2 Å². The van der Waals surface area contributed by atoms with E-state index in [1.165, 1.54) is 0 Å². The molecule has 1 amide bonds. The van der Waals surface area contributed by atoms with Gasteiger partial charge in [0.1, 0.15) is 5.75 Å². The Balaban J connectivity index is 2.16. The highest BCUT2D eigenvalue weighted by molar-refractivity contribution is 9.10. The van der Waals surface area contributed by atoms with Crippen LogP contribution in [-0.2, 0) is 0 Å². The van der Waals surface area contributed by atoms with E-state index < -0.39 is 0 Å². The van der Waals surface area contributed by atoms with Gasteiger partial charge >= 0.3 is 0 Å². The highest BCUT2D eigenvalue weighted by Crippen LogP contribution is 2.25. The number of amides is 1. The van der Waals surface area contributed by atoms with Gasteiger partial charge in [0.2, 0.25) is 0 Å². The van der Waals surface area contributed by atoms with E-state index in [1.807, 2.05) is 31.3 Å². The number of carbonyl (C=O) groups is 1. The van der Waals surface area contributed by atoms with Gasteiger partial charge in [-0.15, -0.1) is 0 Å². The number of rotatable bonds is 4. The molecule has 2 N–H and O–H groups in total. The van der Waals surface area contributed by atoms with Crippen LogP contribution in [0.3, 0.4) is 0 Å².